The SMILES string of the molecule is CCOc1cc(/C=C2/SC(=S)N(NC(=O)c3ccc(Cl)cc3)C2=O)ccc1O[C@H](C)CC. The van der Waals surface area contributed by atoms with Crippen molar-refractivity contribution < 1.29 is 19.1 Å². The van der Waals surface area contributed by atoms with Crippen LogP contribution in [0.3, 0.4) is 0 Å². The monoisotopic (exact) mass is 490 g/mol. The zero-order valence-electron chi connectivity index (χ0n) is 17.9. The van der Waals surface area contributed by atoms with Gasteiger partial charge in [0.15, 0.2) is 15.8 Å². The summed E-state index contributed by atoms with van der Waals surface area (Å²) in [6.07, 6.45) is 2.64. The Balaban J connectivity index is 1.78. The van der Waals surface area contributed by atoms with Gasteiger partial charge in [-0.25, -0.2) is 0 Å². The molecular formula is C23H23ClN2O4S2. The van der Waals surface area contributed by atoms with Crippen LogP contribution in [0, 0.1) is 0 Å². The van der Waals surface area contributed by atoms with Gasteiger partial charge in [-0.05, 0) is 80.5 Å². The summed E-state index contributed by atoms with van der Waals surface area (Å²) in [5, 5.41) is 1.59. The zero-order valence-corrected chi connectivity index (χ0v) is 20.3. The minimum absolute atomic E-state index is 0.0561. The van der Waals surface area contributed by atoms with E-state index in [0.29, 0.717) is 33.6 Å². The van der Waals surface area contributed by atoms with Crippen LogP contribution in [-0.4, -0.2) is 33.9 Å². The first-order chi connectivity index (χ1) is 15.3. The van der Waals surface area contributed by atoms with Crippen LogP contribution in [0.1, 0.15) is 43.1 Å². The van der Waals surface area contributed by atoms with Crippen LogP contribution in [0.2, 0.25) is 5.02 Å². The minimum atomic E-state index is -0.454. The van der Waals surface area contributed by atoms with E-state index in [-0.39, 0.29) is 10.4 Å². The van der Waals surface area contributed by atoms with Crippen molar-refractivity contribution in [3.8, 4) is 11.5 Å². The Kier molecular flexibility index (Phi) is 8.17. The summed E-state index contributed by atoms with van der Waals surface area (Å²) in [5.41, 5.74) is 3.68. The van der Waals surface area contributed by atoms with E-state index in [0.717, 1.165) is 28.8 Å². The average Bonchev–Trinajstić information content (AvgIpc) is 3.03. The maximum absolute atomic E-state index is 12.9. The Bertz CT molecular complexity index is 1060. The molecule has 1 fully saturated rings. The Morgan fingerprint density at radius 2 is 1.94 bits per heavy atom. The number of carbonyl (C=O) groups is 2. The molecule has 2 amide bonds. The highest BCUT2D eigenvalue weighted by Gasteiger charge is 2.33. The van der Waals surface area contributed by atoms with Crippen LogP contribution in [0.5, 0.6) is 11.5 Å². The normalized spacial score (nSPS) is 15.8. The number of thioether (sulfide) groups is 1. The van der Waals surface area contributed by atoms with E-state index < -0.39 is 11.8 Å². The molecule has 2 aromatic carbocycles. The largest absolute Gasteiger partial charge is 0.490 e. The van der Waals surface area contributed by atoms with E-state index in [1.165, 1.54) is 0 Å². The Labute approximate surface area is 201 Å². The van der Waals surface area contributed by atoms with Crippen molar-refractivity contribution in [2.24, 2.45) is 0 Å². The fourth-order valence-corrected chi connectivity index (χ4v) is 4.07. The molecule has 168 valence electrons. The molecule has 1 N–H and O–H groups in total. The van der Waals surface area contributed by atoms with Crippen molar-refractivity contribution in [2.45, 2.75) is 33.3 Å². The van der Waals surface area contributed by atoms with Gasteiger partial charge in [-0.2, -0.15) is 5.01 Å². The van der Waals surface area contributed by atoms with Crippen LogP contribution >= 0.6 is 35.6 Å². The van der Waals surface area contributed by atoms with Crippen LogP contribution in [-0.2, 0) is 4.79 Å². The summed E-state index contributed by atoms with van der Waals surface area (Å²) in [6, 6.07) is 11.8. The first-order valence-corrected chi connectivity index (χ1v) is 11.7. The molecule has 3 rings (SSSR count). The molecule has 0 spiro atoms. The molecule has 0 unspecified atom stereocenters. The van der Waals surface area contributed by atoms with Gasteiger partial charge >= 0.3 is 0 Å². The van der Waals surface area contributed by atoms with E-state index in [4.69, 9.17) is 33.3 Å². The van der Waals surface area contributed by atoms with E-state index in [1.807, 2.05) is 39.0 Å². The minimum Gasteiger partial charge on any atom is -0.490 e. The number of benzene rings is 2. The molecule has 9 heteroatoms. The van der Waals surface area contributed by atoms with Crippen molar-refractivity contribution in [1.29, 1.82) is 0 Å². The third-order valence-electron chi connectivity index (χ3n) is 4.58. The first kappa shape index (κ1) is 24.1. The molecule has 1 saturated heterocycles. The summed E-state index contributed by atoms with van der Waals surface area (Å²) < 4.78 is 11.9. The van der Waals surface area contributed by atoms with Crippen molar-refractivity contribution in [3.05, 3.63) is 63.5 Å². The third kappa shape index (κ3) is 5.82. The summed E-state index contributed by atoms with van der Waals surface area (Å²) in [5.74, 6) is 0.402. The second-order valence-electron chi connectivity index (χ2n) is 6.94. The fourth-order valence-electron chi connectivity index (χ4n) is 2.76. The van der Waals surface area contributed by atoms with Crippen LogP contribution in [0.15, 0.2) is 47.4 Å². The van der Waals surface area contributed by atoms with Gasteiger partial charge in [-0.3, -0.25) is 15.0 Å². The number of rotatable bonds is 8. The smallest absolute Gasteiger partial charge is 0.285 e. The maximum Gasteiger partial charge on any atom is 0.285 e. The van der Waals surface area contributed by atoms with Gasteiger partial charge < -0.3 is 9.47 Å². The van der Waals surface area contributed by atoms with Crippen LogP contribution in [0.4, 0.5) is 0 Å². The number of thiocarbonyl (C=S) groups is 1. The number of ether oxygens (including phenoxy) is 2. The van der Waals surface area contributed by atoms with Gasteiger partial charge in [-0.15, -0.1) is 0 Å². The summed E-state index contributed by atoms with van der Waals surface area (Å²) in [7, 11) is 0. The van der Waals surface area contributed by atoms with Gasteiger partial charge in [0.25, 0.3) is 11.8 Å². The molecule has 1 atom stereocenters. The zero-order chi connectivity index (χ0) is 23.3. The molecule has 0 aliphatic carbocycles. The van der Waals surface area contributed by atoms with Gasteiger partial charge in [0.2, 0.25) is 0 Å². The van der Waals surface area contributed by atoms with Crippen molar-refractivity contribution in [3.63, 3.8) is 0 Å². The first-order valence-electron chi connectivity index (χ1n) is 10.1. The number of hydrogen-bond donors (Lipinski definition) is 1. The van der Waals surface area contributed by atoms with Crippen LogP contribution < -0.4 is 14.9 Å². The molecular weight excluding hydrogens is 468 g/mol. The number of nitrogens with one attached hydrogen (secondary N) is 1. The standard InChI is InChI=1S/C23H23ClN2O4S2/c1-4-14(3)30-18-11-6-15(12-19(18)29-5-2)13-20-22(28)26(23(31)32-20)25-21(27)16-7-9-17(24)10-8-16/h6-14H,4-5H2,1-3H3,(H,25,27)/b20-13+/t14-/m1/s1. The van der Waals surface area contributed by atoms with Gasteiger partial charge in [0.05, 0.1) is 17.6 Å². The summed E-state index contributed by atoms with van der Waals surface area (Å²) in [4.78, 5) is 25.7. The molecule has 32 heavy (non-hydrogen) atoms. The lowest BCUT2D eigenvalue weighted by Crippen LogP contribution is -2.44. The van der Waals surface area contributed by atoms with Crippen LogP contribution in [0.25, 0.3) is 6.08 Å². The van der Waals surface area contributed by atoms with E-state index in [9.17, 15) is 9.59 Å². The number of nitrogens with zero attached hydrogens (tertiary/aromatic N) is 1. The van der Waals surface area contributed by atoms with E-state index in [1.54, 1.807) is 30.3 Å². The maximum atomic E-state index is 12.9. The lowest BCUT2D eigenvalue weighted by atomic mass is 10.1. The highest BCUT2D eigenvalue weighted by Crippen LogP contribution is 2.34. The van der Waals surface area contributed by atoms with Crippen molar-refractivity contribution in [1.82, 2.24) is 10.4 Å². The summed E-state index contributed by atoms with van der Waals surface area (Å²) in [6.45, 7) is 6.42. The second kappa shape index (κ2) is 10.8. The lowest BCUT2D eigenvalue weighted by Gasteiger charge is -2.16. The quantitative estimate of drug-likeness (QED) is 0.391. The number of halogens is 1. The Morgan fingerprint density at radius 1 is 1.22 bits per heavy atom. The number of carbonyl (C=O) groups excluding carboxylic acids is 2. The summed E-state index contributed by atoms with van der Waals surface area (Å²) >= 11 is 12.3. The molecule has 1 aliphatic rings. The number of hydrazine groups is 1. The van der Waals surface area contributed by atoms with E-state index in [2.05, 4.69) is 5.43 Å². The Morgan fingerprint density at radius 3 is 2.59 bits per heavy atom. The molecule has 0 bridgehead atoms. The third-order valence-corrected chi connectivity index (χ3v) is 6.14. The van der Waals surface area contributed by atoms with Gasteiger partial charge in [0.1, 0.15) is 0 Å². The molecule has 2 aromatic rings. The fraction of sp³-hybridized carbons (Fsp3) is 0.261. The molecule has 0 saturated carbocycles. The molecule has 6 nitrogen and oxygen atoms in total. The average molecular weight is 491 g/mol. The predicted molar refractivity (Wildman–Crippen MR) is 132 cm³/mol. The topological polar surface area (TPSA) is 67.9 Å². The molecule has 0 aromatic heterocycles. The van der Waals surface area contributed by atoms with Crippen molar-refractivity contribution >= 4 is 57.8 Å². The van der Waals surface area contributed by atoms with E-state index >= 15 is 0 Å². The molecule has 1 aliphatic heterocycles. The predicted octanol–water partition coefficient (Wildman–Crippen LogP) is 5.46. The lowest BCUT2D eigenvalue weighted by molar-refractivity contribution is -0.123. The number of hydrogen-bond acceptors (Lipinski definition) is 6. The Hall–Kier alpha value is -2.55. The highest BCUT2D eigenvalue weighted by atomic mass is 35.5. The number of amides is 2. The molecule has 1 heterocycles. The second-order valence-corrected chi connectivity index (χ2v) is 9.05. The van der Waals surface area contributed by atoms with Crippen molar-refractivity contribution in [2.75, 3.05) is 6.61 Å². The van der Waals surface area contributed by atoms with Gasteiger partial charge in [0, 0.05) is 10.6 Å². The molecule has 0 radical (unpaired) electrons. The highest BCUT2D eigenvalue weighted by molar-refractivity contribution is 8.26. The van der Waals surface area contributed by atoms with Gasteiger partial charge in [-0.1, -0.05) is 36.4 Å².